The molecule has 4 nitrogen and oxygen atoms in total. The molecule has 1 amide bonds. The molecule has 4 heteroatoms. The molecule has 1 aromatic carbocycles. The lowest BCUT2D eigenvalue weighted by Crippen LogP contribution is -2.47. The number of hydrogen-bond acceptors (Lipinski definition) is 3. The van der Waals surface area contributed by atoms with Crippen molar-refractivity contribution < 1.29 is 9.53 Å². The van der Waals surface area contributed by atoms with Crippen LogP contribution in [0.25, 0.3) is 0 Å². The van der Waals surface area contributed by atoms with E-state index in [0.29, 0.717) is 6.42 Å². The first-order valence-corrected chi connectivity index (χ1v) is 6.67. The number of carbonyl (C=O) groups excluding carboxylic acids is 1. The number of benzene rings is 1. The first-order chi connectivity index (χ1) is 9.02. The molecule has 0 aromatic heterocycles. The summed E-state index contributed by atoms with van der Waals surface area (Å²) >= 11 is 0. The minimum atomic E-state index is 0.0655. The number of ether oxygens (including phenoxy) is 1. The zero-order chi connectivity index (χ0) is 13.9. The van der Waals surface area contributed by atoms with Crippen molar-refractivity contribution in [2.24, 2.45) is 5.41 Å². The number of amides is 1. The van der Waals surface area contributed by atoms with Crippen molar-refractivity contribution in [2.45, 2.75) is 20.3 Å². The molecule has 1 aliphatic rings. The summed E-state index contributed by atoms with van der Waals surface area (Å²) in [5, 5.41) is 3.33. The Morgan fingerprint density at radius 3 is 2.58 bits per heavy atom. The Kier molecular flexibility index (Phi) is 4.10. The third-order valence-electron chi connectivity index (χ3n) is 3.39. The van der Waals surface area contributed by atoms with Gasteiger partial charge in [0.05, 0.1) is 7.11 Å². The van der Waals surface area contributed by atoms with E-state index in [4.69, 9.17) is 4.74 Å². The molecule has 0 aliphatic carbocycles. The number of hydrogen-bond donors (Lipinski definition) is 1. The molecule has 0 saturated carbocycles. The molecule has 2 rings (SSSR count). The summed E-state index contributed by atoms with van der Waals surface area (Å²) in [6.07, 6.45) is 0.544. The third kappa shape index (κ3) is 3.47. The van der Waals surface area contributed by atoms with Gasteiger partial charge in [0.2, 0.25) is 5.91 Å². The summed E-state index contributed by atoms with van der Waals surface area (Å²) in [6, 6.07) is 7.68. The van der Waals surface area contributed by atoms with Gasteiger partial charge in [-0.1, -0.05) is 13.8 Å². The average molecular weight is 262 g/mol. The van der Waals surface area contributed by atoms with Gasteiger partial charge in [0.1, 0.15) is 5.75 Å². The molecule has 1 fully saturated rings. The fourth-order valence-corrected chi connectivity index (χ4v) is 2.33. The van der Waals surface area contributed by atoms with Crippen molar-refractivity contribution in [1.29, 1.82) is 0 Å². The fraction of sp³-hybridized carbons (Fsp3) is 0.533. The predicted octanol–water partition coefficient (Wildman–Crippen LogP) is 2.05. The van der Waals surface area contributed by atoms with Crippen molar-refractivity contribution in [3.05, 3.63) is 24.3 Å². The molecule has 1 N–H and O–H groups in total. The van der Waals surface area contributed by atoms with Crippen LogP contribution in [0.5, 0.6) is 5.75 Å². The molecule has 1 heterocycles. The van der Waals surface area contributed by atoms with Crippen LogP contribution in [0.2, 0.25) is 0 Å². The van der Waals surface area contributed by atoms with E-state index in [0.717, 1.165) is 31.1 Å². The van der Waals surface area contributed by atoms with Gasteiger partial charge in [-0.05, 0) is 29.7 Å². The summed E-state index contributed by atoms with van der Waals surface area (Å²) in [5.74, 6) is 0.981. The van der Waals surface area contributed by atoms with Crippen LogP contribution < -0.4 is 15.0 Å². The van der Waals surface area contributed by atoms with Crippen LogP contribution in [0, 0.1) is 5.41 Å². The number of nitrogens with one attached hydrogen (secondary N) is 1. The lowest BCUT2D eigenvalue weighted by atomic mass is 9.91. The molecule has 104 valence electrons. The number of carbonyl (C=O) groups is 1. The molecule has 0 bridgehead atoms. The van der Waals surface area contributed by atoms with E-state index in [2.05, 4.69) is 19.2 Å². The van der Waals surface area contributed by atoms with Crippen LogP contribution in [0.1, 0.15) is 20.3 Å². The Balaban J connectivity index is 2.24. The van der Waals surface area contributed by atoms with E-state index in [1.54, 1.807) is 7.11 Å². The van der Waals surface area contributed by atoms with E-state index in [1.165, 1.54) is 0 Å². The summed E-state index contributed by atoms with van der Waals surface area (Å²) in [5.41, 5.74) is 1.01. The van der Waals surface area contributed by atoms with Gasteiger partial charge in [-0.15, -0.1) is 0 Å². The van der Waals surface area contributed by atoms with E-state index in [1.807, 2.05) is 29.2 Å². The lowest BCUT2D eigenvalue weighted by molar-refractivity contribution is -0.119. The van der Waals surface area contributed by atoms with E-state index in [-0.39, 0.29) is 11.3 Å². The summed E-state index contributed by atoms with van der Waals surface area (Å²) in [7, 11) is 1.64. The van der Waals surface area contributed by atoms with Gasteiger partial charge in [-0.2, -0.15) is 0 Å². The van der Waals surface area contributed by atoms with Crippen molar-refractivity contribution in [2.75, 3.05) is 31.6 Å². The Hall–Kier alpha value is -1.55. The maximum Gasteiger partial charge on any atom is 0.228 e. The molecule has 1 saturated heterocycles. The number of anilines is 1. The highest BCUT2D eigenvalue weighted by molar-refractivity contribution is 5.93. The summed E-state index contributed by atoms with van der Waals surface area (Å²) in [4.78, 5) is 14.2. The van der Waals surface area contributed by atoms with Gasteiger partial charge in [0.15, 0.2) is 0 Å². The van der Waals surface area contributed by atoms with E-state index >= 15 is 0 Å². The van der Waals surface area contributed by atoms with Crippen LogP contribution in [0.3, 0.4) is 0 Å². The maximum absolute atomic E-state index is 12.3. The Morgan fingerprint density at radius 2 is 1.95 bits per heavy atom. The first kappa shape index (κ1) is 13.9. The van der Waals surface area contributed by atoms with Crippen molar-refractivity contribution >= 4 is 11.6 Å². The average Bonchev–Trinajstić information content (AvgIpc) is 2.40. The van der Waals surface area contributed by atoms with E-state index < -0.39 is 0 Å². The van der Waals surface area contributed by atoms with Crippen LogP contribution >= 0.6 is 0 Å². The normalized spacial score (nSPS) is 19.7. The second-order valence-corrected chi connectivity index (χ2v) is 5.77. The van der Waals surface area contributed by atoms with Crippen LogP contribution in [-0.4, -0.2) is 32.7 Å². The summed E-state index contributed by atoms with van der Waals surface area (Å²) < 4.78 is 5.16. The molecule has 0 spiro atoms. The molecule has 19 heavy (non-hydrogen) atoms. The molecule has 0 atom stereocenters. The largest absolute Gasteiger partial charge is 0.497 e. The minimum Gasteiger partial charge on any atom is -0.497 e. The standard InChI is InChI=1S/C15H22N2O2/c1-15(2)10-16-9-8-14(18)17(11-15)12-4-6-13(19-3)7-5-12/h4-7,16H,8-11H2,1-3H3. The van der Waals surface area contributed by atoms with Gasteiger partial charge in [0.25, 0.3) is 0 Å². The van der Waals surface area contributed by atoms with Gasteiger partial charge in [-0.3, -0.25) is 4.79 Å². The van der Waals surface area contributed by atoms with Crippen LogP contribution in [0.15, 0.2) is 24.3 Å². The first-order valence-electron chi connectivity index (χ1n) is 6.67. The molecular formula is C15H22N2O2. The van der Waals surface area contributed by atoms with Crippen molar-refractivity contribution in [3.8, 4) is 5.75 Å². The zero-order valence-electron chi connectivity index (χ0n) is 11.9. The predicted molar refractivity (Wildman–Crippen MR) is 76.6 cm³/mol. The Morgan fingerprint density at radius 1 is 1.26 bits per heavy atom. The third-order valence-corrected chi connectivity index (χ3v) is 3.39. The topological polar surface area (TPSA) is 41.6 Å². The van der Waals surface area contributed by atoms with Crippen LogP contribution in [-0.2, 0) is 4.79 Å². The quantitative estimate of drug-likeness (QED) is 0.887. The van der Waals surface area contributed by atoms with Gasteiger partial charge >= 0.3 is 0 Å². The maximum atomic E-state index is 12.3. The zero-order valence-corrected chi connectivity index (χ0v) is 11.9. The molecule has 0 radical (unpaired) electrons. The second kappa shape index (κ2) is 5.61. The van der Waals surface area contributed by atoms with E-state index in [9.17, 15) is 4.79 Å². The number of methoxy groups -OCH3 is 1. The molecule has 1 aromatic rings. The highest BCUT2D eigenvalue weighted by Crippen LogP contribution is 2.25. The smallest absolute Gasteiger partial charge is 0.228 e. The van der Waals surface area contributed by atoms with Crippen molar-refractivity contribution in [1.82, 2.24) is 5.32 Å². The Labute approximate surface area is 114 Å². The SMILES string of the molecule is COc1ccc(N2CC(C)(C)CNCCC2=O)cc1. The molecular weight excluding hydrogens is 240 g/mol. The number of nitrogens with zero attached hydrogens (tertiary/aromatic N) is 1. The number of rotatable bonds is 2. The minimum absolute atomic E-state index is 0.0655. The highest BCUT2D eigenvalue weighted by atomic mass is 16.5. The van der Waals surface area contributed by atoms with Crippen molar-refractivity contribution in [3.63, 3.8) is 0 Å². The second-order valence-electron chi connectivity index (χ2n) is 5.77. The lowest BCUT2D eigenvalue weighted by Gasteiger charge is -2.35. The molecule has 0 unspecified atom stereocenters. The monoisotopic (exact) mass is 262 g/mol. The van der Waals surface area contributed by atoms with Crippen LogP contribution in [0.4, 0.5) is 5.69 Å². The van der Waals surface area contributed by atoms with Gasteiger partial charge in [-0.25, -0.2) is 0 Å². The Bertz CT molecular complexity index is 440. The van der Waals surface area contributed by atoms with Gasteiger partial charge < -0.3 is 15.0 Å². The fourth-order valence-electron chi connectivity index (χ4n) is 2.33. The molecule has 1 aliphatic heterocycles. The summed E-state index contributed by atoms with van der Waals surface area (Å²) in [6.45, 7) is 6.75. The highest BCUT2D eigenvalue weighted by Gasteiger charge is 2.27. The van der Waals surface area contributed by atoms with Gasteiger partial charge in [0, 0.05) is 31.7 Å².